The molecule has 2 aromatic rings. The minimum atomic E-state index is -0.315. The Balaban J connectivity index is 0.00000256. The van der Waals surface area contributed by atoms with Gasteiger partial charge in [-0.1, -0.05) is 18.2 Å². The van der Waals surface area contributed by atoms with Gasteiger partial charge < -0.3 is 19.9 Å². The van der Waals surface area contributed by atoms with Gasteiger partial charge in [0.2, 0.25) is 5.91 Å². The molecule has 0 saturated carbocycles. The number of ether oxygens (including phenoxy) is 1. The Hall–Kier alpha value is -2.64. The van der Waals surface area contributed by atoms with E-state index in [1.165, 1.54) is 12.1 Å². The third-order valence-corrected chi connectivity index (χ3v) is 5.36. The average molecular weight is 434 g/mol. The Morgan fingerprint density at radius 1 is 1.17 bits per heavy atom. The van der Waals surface area contributed by atoms with Crippen molar-refractivity contribution in [3.8, 4) is 5.75 Å². The van der Waals surface area contributed by atoms with Crippen LogP contribution in [0.2, 0.25) is 0 Å². The van der Waals surface area contributed by atoms with Crippen molar-refractivity contribution in [1.29, 1.82) is 0 Å². The smallest absolute Gasteiger partial charge is 0.261 e. The second-order valence-electron chi connectivity index (χ2n) is 7.30. The van der Waals surface area contributed by atoms with Gasteiger partial charge in [0.25, 0.3) is 5.91 Å². The molecule has 1 atom stereocenters. The van der Waals surface area contributed by atoms with Crippen molar-refractivity contribution in [2.75, 3.05) is 37.7 Å². The van der Waals surface area contributed by atoms with Gasteiger partial charge in [-0.15, -0.1) is 12.4 Å². The third kappa shape index (κ3) is 4.91. The Bertz CT molecular complexity index is 911. The Kier molecular flexibility index (Phi) is 7.29. The molecule has 4 rings (SSSR count). The van der Waals surface area contributed by atoms with E-state index >= 15 is 0 Å². The fourth-order valence-electron chi connectivity index (χ4n) is 3.90. The summed E-state index contributed by atoms with van der Waals surface area (Å²) in [6.45, 7) is 2.39. The number of halogens is 2. The Labute approximate surface area is 181 Å². The molecule has 2 amide bonds. The summed E-state index contributed by atoms with van der Waals surface area (Å²) in [5, 5.41) is 3.26. The summed E-state index contributed by atoms with van der Waals surface area (Å²) in [6, 6.07) is 13.4. The van der Waals surface area contributed by atoms with E-state index in [0.29, 0.717) is 38.3 Å². The number of nitrogens with one attached hydrogen (secondary N) is 1. The number of anilines is 1. The summed E-state index contributed by atoms with van der Waals surface area (Å²) in [6.07, 6.45) is 1.42. The molecule has 2 aliphatic rings. The second kappa shape index (κ2) is 9.91. The zero-order valence-electron chi connectivity index (χ0n) is 16.6. The summed E-state index contributed by atoms with van der Waals surface area (Å²) in [5.74, 6) is 0.193. The third-order valence-electron chi connectivity index (χ3n) is 5.36. The van der Waals surface area contributed by atoms with Crippen LogP contribution in [0.5, 0.6) is 5.75 Å². The van der Waals surface area contributed by atoms with Gasteiger partial charge in [-0.25, -0.2) is 4.39 Å². The highest BCUT2D eigenvalue weighted by atomic mass is 35.5. The number of nitrogens with zero attached hydrogens (tertiary/aromatic N) is 2. The van der Waals surface area contributed by atoms with Crippen LogP contribution in [0.25, 0.3) is 0 Å². The van der Waals surface area contributed by atoms with E-state index in [4.69, 9.17) is 4.74 Å². The molecule has 2 aliphatic heterocycles. The number of rotatable bonds is 5. The first-order valence-corrected chi connectivity index (χ1v) is 9.91. The maximum Gasteiger partial charge on any atom is 0.261 e. The predicted octanol–water partition coefficient (Wildman–Crippen LogP) is 2.93. The molecule has 1 N–H and O–H groups in total. The van der Waals surface area contributed by atoms with Crippen molar-refractivity contribution in [3.05, 3.63) is 59.9 Å². The minimum absolute atomic E-state index is 0. The summed E-state index contributed by atoms with van der Waals surface area (Å²) in [7, 11) is 0. The van der Waals surface area contributed by atoms with Crippen molar-refractivity contribution in [3.63, 3.8) is 0 Å². The molecule has 0 radical (unpaired) electrons. The lowest BCUT2D eigenvalue weighted by atomic mass is 10.0. The van der Waals surface area contributed by atoms with E-state index in [-0.39, 0.29) is 42.7 Å². The lowest BCUT2D eigenvalue weighted by Gasteiger charge is -2.36. The number of hydrogen-bond donors (Lipinski definition) is 1. The molecule has 2 fully saturated rings. The van der Waals surface area contributed by atoms with Gasteiger partial charge in [-0.2, -0.15) is 0 Å². The number of carbonyl (C=O) groups excluding carboxylic acids is 2. The lowest BCUT2D eigenvalue weighted by Crippen LogP contribution is -2.50. The molecule has 0 bridgehead atoms. The van der Waals surface area contributed by atoms with Crippen molar-refractivity contribution in [2.45, 2.75) is 18.9 Å². The number of carbonyl (C=O) groups is 2. The molecule has 6 nitrogen and oxygen atoms in total. The minimum Gasteiger partial charge on any atom is -0.484 e. The molecule has 0 spiro atoms. The van der Waals surface area contributed by atoms with Gasteiger partial charge in [-0.3, -0.25) is 9.59 Å². The van der Waals surface area contributed by atoms with Crippen LogP contribution in [-0.2, 0) is 9.59 Å². The number of benzene rings is 2. The maximum atomic E-state index is 13.6. The van der Waals surface area contributed by atoms with Gasteiger partial charge >= 0.3 is 0 Å². The SMILES string of the molecule is Cl.O=C1CCCN1c1cccc(OCC(=O)N2CCNCC2c2cccc(F)c2)c1. The molecule has 2 aromatic carbocycles. The molecule has 8 heteroatoms. The molecule has 0 aromatic heterocycles. The summed E-state index contributed by atoms with van der Waals surface area (Å²) in [4.78, 5) is 28.3. The van der Waals surface area contributed by atoms with Crippen molar-refractivity contribution >= 4 is 29.9 Å². The molecule has 2 heterocycles. The van der Waals surface area contributed by atoms with Crippen LogP contribution in [0.15, 0.2) is 48.5 Å². The van der Waals surface area contributed by atoms with Crippen molar-refractivity contribution in [1.82, 2.24) is 10.2 Å². The standard InChI is InChI=1S/C22H24FN3O3.ClH/c23-17-5-1-4-16(12-17)20-14-24-9-11-26(20)22(28)15-29-19-7-2-6-18(13-19)25-10-3-8-21(25)27;/h1-2,4-7,12-13,20,24H,3,8-11,14-15H2;1H. The highest BCUT2D eigenvalue weighted by Gasteiger charge is 2.28. The first-order chi connectivity index (χ1) is 14.1. The quantitative estimate of drug-likeness (QED) is 0.787. The first-order valence-electron chi connectivity index (χ1n) is 9.91. The number of hydrogen-bond acceptors (Lipinski definition) is 4. The Morgan fingerprint density at radius 3 is 2.77 bits per heavy atom. The largest absolute Gasteiger partial charge is 0.484 e. The fraction of sp³-hybridized carbons (Fsp3) is 0.364. The highest BCUT2D eigenvalue weighted by Crippen LogP contribution is 2.26. The second-order valence-corrected chi connectivity index (χ2v) is 7.30. The molecule has 160 valence electrons. The first kappa shape index (κ1) is 22.1. The zero-order valence-corrected chi connectivity index (χ0v) is 17.4. The van der Waals surface area contributed by atoms with Gasteiger partial charge in [0.15, 0.2) is 6.61 Å². The maximum absolute atomic E-state index is 13.6. The predicted molar refractivity (Wildman–Crippen MR) is 114 cm³/mol. The number of amides is 2. The highest BCUT2D eigenvalue weighted by molar-refractivity contribution is 5.95. The van der Waals surface area contributed by atoms with Gasteiger partial charge in [0.1, 0.15) is 11.6 Å². The van der Waals surface area contributed by atoms with E-state index < -0.39 is 0 Å². The lowest BCUT2D eigenvalue weighted by molar-refractivity contribution is -0.136. The molecule has 0 aliphatic carbocycles. The van der Waals surface area contributed by atoms with E-state index in [0.717, 1.165) is 17.7 Å². The fourth-order valence-corrected chi connectivity index (χ4v) is 3.90. The van der Waals surface area contributed by atoms with Gasteiger partial charge in [0.05, 0.1) is 6.04 Å². The van der Waals surface area contributed by atoms with Crippen LogP contribution in [0, 0.1) is 5.82 Å². The van der Waals surface area contributed by atoms with E-state index in [2.05, 4.69) is 5.32 Å². The summed E-state index contributed by atoms with van der Waals surface area (Å²) < 4.78 is 19.4. The van der Waals surface area contributed by atoms with Gasteiger partial charge in [-0.05, 0) is 36.2 Å². The normalized spacial score (nSPS) is 18.8. The van der Waals surface area contributed by atoms with Gasteiger partial charge in [0, 0.05) is 44.4 Å². The van der Waals surface area contributed by atoms with Crippen LogP contribution >= 0.6 is 12.4 Å². The summed E-state index contributed by atoms with van der Waals surface area (Å²) >= 11 is 0. The molecular formula is C22H25ClFN3O3. The van der Waals surface area contributed by atoms with Crippen molar-refractivity contribution in [2.24, 2.45) is 0 Å². The van der Waals surface area contributed by atoms with E-state index in [1.54, 1.807) is 28.0 Å². The van der Waals surface area contributed by atoms with Crippen LogP contribution in [0.1, 0.15) is 24.4 Å². The Morgan fingerprint density at radius 2 is 2.00 bits per heavy atom. The van der Waals surface area contributed by atoms with E-state index in [9.17, 15) is 14.0 Å². The van der Waals surface area contributed by atoms with Crippen LogP contribution in [0.3, 0.4) is 0 Å². The average Bonchev–Trinajstić information content (AvgIpc) is 3.18. The van der Waals surface area contributed by atoms with Crippen LogP contribution < -0.4 is 15.0 Å². The van der Waals surface area contributed by atoms with Crippen LogP contribution in [0.4, 0.5) is 10.1 Å². The monoisotopic (exact) mass is 433 g/mol. The van der Waals surface area contributed by atoms with Crippen LogP contribution in [-0.4, -0.2) is 49.5 Å². The molecular weight excluding hydrogens is 409 g/mol. The zero-order chi connectivity index (χ0) is 20.2. The molecule has 30 heavy (non-hydrogen) atoms. The molecule has 1 unspecified atom stereocenters. The topological polar surface area (TPSA) is 61.9 Å². The van der Waals surface area contributed by atoms with Crippen molar-refractivity contribution < 1.29 is 18.7 Å². The van der Waals surface area contributed by atoms with E-state index in [1.807, 2.05) is 18.2 Å². The summed E-state index contributed by atoms with van der Waals surface area (Å²) in [5.41, 5.74) is 1.55. The number of piperazine rings is 1. The molecule has 2 saturated heterocycles.